The fraction of sp³-hybridized carbons (Fsp3) is 0.125. The van der Waals surface area contributed by atoms with Crippen molar-refractivity contribution in [1.82, 2.24) is 0 Å². The molecule has 0 aliphatic carbocycles. The lowest BCUT2D eigenvalue weighted by Crippen LogP contribution is -2.13. The summed E-state index contributed by atoms with van der Waals surface area (Å²) in [6, 6.07) is 0. The van der Waals surface area contributed by atoms with E-state index in [9.17, 15) is 31.3 Å². The molecule has 0 aromatic heterocycles. The average molecular weight is 290 g/mol. The van der Waals surface area contributed by atoms with E-state index in [-0.39, 0.29) is 0 Å². The van der Waals surface area contributed by atoms with Crippen LogP contribution in [0, 0.1) is 29.1 Å². The van der Waals surface area contributed by atoms with E-state index in [0.29, 0.717) is 7.11 Å². The third kappa shape index (κ3) is 2.16. The van der Waals surface area contributed by atoms with Crippen LogP contribution in [-0.4, -0.2) is 17.5 Å². The van der Waals surface area contributed by atoms with Crippen LogP contribution in [0.5, 0.6) is 0 Å². The van der Waals surface area contributed by atoms with Crippen LogP contribution < -0.4 is 0 Å². The molecular weight excluding hydrogens is 286 g/mol. The molecule has 0 heterocycles. The standard InChI is InChI=1S/C8H4F5O4P/c1-17-18(15,16)8(14)2-3(9)5(11)7(13)6(12)4(2)10/h1H3,(H,15,16). The van der Waals surface area contributed by atoms with Crippen LogP contribution in [0.4, 0.5) is 22.0 Å². The Labute approximate surface area is 96.5 Å². The minimum absolute atomic E-state index is 0.560. The monoisotopic (exact) mass is 290 g/mol. The van der Waals surface area contributed by atoms with Crippen molar-refractivity contribution < 1.29 is 40.7 Å². The van der Waals surface area contributed by atoms with Gasteiger partial charge in [-0.05, 0) is 0 Å². The average Bonchev–Trinajstić information content (AvgIpc) is 2.34. The largest absolute Gasteiger partial charge is 0.399 e. The highest BCUT2D eigenvalue weighted by atomic mass is 31.2. The molecule has 1 aromatic rings. The summed E-state index contributed by atoms with van der Waals surface area (Å²) < 4.78 is 79.0. The first-order chi connectivity index (χ1) is 8.15. The maximum absolute atomic E-state index is 13.1. The van der Waals surface area contributed by atoms with Gasteiger partial charge in [0, 0.05) is 7.11 Å². The number of carbonyl (C=O) groups is 1. The predicted octanol–water partition coefficient (Wildman–Crippen LogP) is 2.35. The van der Waals surface area contributed by atoms with Crippen LogP contribution in [-0.2, 0) is 9.09 Å². The van der Waals surface area contributed by atoms with Gasteiger partial charge in [-0.1, -0.05) is 0 Å². The van der Waals surface area contributed by atoms with Crippen LogP contribution in [0.15, 0.2) is 0 Å². The number of hydrogen-bond donors (Lipinski definition) is 1. The lowest BCUT2D eigenvalue weighted by Gasteiger charge is -2.10. The zero-order valence-corrected chi connectivity index (χ0v) is 9.40. The molecule has 18 heavy (non-hydrogen) atoms. The highest BCUT2D eigenvalue weighted by Gasteiger charge is 2.39. The van der Waals surface area contributed by atoms with Gasteiger partial charge in [-0.15, -0.1) is 0 Å². The normalized spacial score (nSPS) is 14.4. The molecule has 0 saturated heterocycles. The second-order valence-corrected chi connectivity index (χ2v) is 4.77. The quantitative estimate of drug-likeness (QED) is 0.402. The third-order valence-corrected chi connectivity index (χ3v) is 3.16. The lowest BCUT2D eigenvalue weighted by atomic mass is 10.2. The zero-order valence-electron chi connectivity index (χ0n) is 8.51. The van der Waals surface area contributed by atoms with Gasteiger partial charge in [0.25, 0.3) is 5.52 Å². The second kappa shape index (κ2) is 4.75. The molecule has 0 radical (unpaired) electrons. The van der Waals surface area contributed by atoms with E-state index in [0.717, 1.165) is 0 Å². The number of benzene rings is 1. The zero-order chi connectivity index (χ0) is 14.2. The smallest absolute Gasteiger partial charge is 0.319 e. The first-order valence-electron chi connectivity index (χ1n) is 4.10. The molecule has 10 heteroatoms. The highest BCUT2D eigenvalue weighted by Crippen LogP contribution is 2.46. The molecule has 0 amide bonds. The summed E-state index contributed by atoms with van der Waals surface area (Å²) in [7, 11) is -4.61. The van der Waals surface area contributed by atoms with Crippen molar-refractivity contribution in [3.8, 4) is 0 Å². The van der Waals surface area contributed by atoms with Crippen molar-refractivity contribution in [1.29, 1.82) is 0 Å². The van der Waals surface area contributed by atoms with Gasteiger partial charge in [0.05, 0.1) is 0 Å². The molecular formula is C8H4F5O4P. The van der Waals surface area contributed by atoms with Gasteiger partial charge < -0.3 is 9.42 Å². The Morgan fingerprint density at radius 2 is 1.33 bits per heavy atom. The summed E-state index contributed by atoms with van der Waals surface area (Å²) in [5, 5.41) is 0. The first kappa shape index (κ1) is 14.7. The van der Waals surface area contributed by atoms with E-state index < -0.39 is 47.8 Å². The van der Waals surface area contributed by atoms with E-state index in [1.807, 2.05) is 0 Å². The summed E-state index contributed by atoms with van der Waals surface area (Å²) in [4.78, 5) is 20.0. The summed E-state index contributed by atoms with van der Waals surface area (Å²) in [5.41, 5.74) is -4.24. The Morgan fingerprint density at radius 3 is 1.67 bits per heavy atom. The van der Waals surface area contributed by atoms with Gasteiger partial charge in [-0.25, -0.2) is 22.0 Å². The Kier molecular flexibility index (Phi) is 3.89. The van der Waals surface area contributed by atoms with Crippen molar-refractivity contribution in [3.63, 3.8) is 0 Å². The molecule has 0 saturated carbocycles. The van der Waals surface area contributed by atoms with E-state index in [1.165, 1.54) is 0 Å². The van der Waals surface area contributed by atoms with Gasteiger partial charge in [-0.3, -0.25) is 9.36 Å². The molecule has 0 spiro atoms. The Hall–Kier alpha value is -1.31. The summed E-state index contributed by atoms with van der Waals surface area (Å²) in [6.07, 6.45) is 0. The van der Waals surface area contributed by atoms with Gasteiger partial charge in [0.1, 0.15) is 5.56 Å². The first-order valence-corrected chi connectivity index (χ1v) is 5.67. The summed E-state index contributed by atoms with van der Waals surface area (Å²) in [5.74, 6) is -12.3. The van der Waals surface area contributed by atoms with Crippen molar-refractivity contribution in [3.05, 3.63) is 34.6 Å². The lowest BCUT2D eigenvalue weighted by molar-refractivity contribution is 0.102. The molecule has 1 unspecified atom stereocenters. The van der Waals surface area contributed by atoms with Crippen LogP contribution in [0.25, 0.3) is 0 Å². The van der Waals surface area contributed by atoms with Crippen molar-refractivity contribution in [2.45, 2.75) is 0 Å². The minimum Gasteiger partial charge on any atom is -0.319 e. The third-order valence-electron chi connectivity index (χ3n) is 1.93. The summed E-state index contributed by atoms with van der Waals surface area (Å²) >= 11 is 0. The molecule has 100 valence electrons. The highest BCUT2D eigenvalue weighted by molar-refractivity contribution is 7.71. The summed E-state index contributed by atoms with van der Waals surface area (Å²) in [6.45, 7) is 0. The maximum Gasteiger partial charge on any atom is 0.399 e. The second-order valence-electron chi connectivity index (χ2n) is 2.95. The molecule has 0 fully saturated rings. The fourth-order valence-corrected chi connectivity index (χ4v) is 1.66. The topological polar surface area (TPSA) is 63.6 Å². The van der Waals surface area contributed by atoms with Gasteiger partial charge in [0.2, 0.25) is 5.82 Å². The van der Waals surface area contributed by atoms with Crippen molar-refractivity contribution >= 4 is 13.1 Å². The predicted molar refractivity (Wildman–Crippen MR) is 47.4 cm³/mol. The molecule has 1 aromatic carbocycles. The van der Waals surface area contributed by atoms with Gasteiger partial charge in [-0.2, -0.15) is 0 Å². The molecule has 0 aliphatic rings. The molecule has 1 N–H and O–H groups in total. The van der Waals surface area contributed by atoms with E-state index in [1.54, 1.807) is 0 Å². The van der Waals surface area contributed by atoms with E-state index in [4.69, 9.17) is 4.89 Å². The van der Waals surface area contributed by atoms with Crippen LogP contribution in [0.2, 0.25) is 0 Å². The molecule has 1 atom stereocenters. The van der Waals surface area contributed by atoms with Crippen LogP contribution >= 0.6 is 7.60 Å². The molecule has 0 bridgehead atoms. The Bertz CT molecular complexity index is 544. The number of hydrogen-bond acceptors (Lipinski definition) is 3. The number of rotatable bonds is 3. The van der Waals surface area contributed by atoms with Crippen molar-refractivity contribution in [2.75, 3.05) is 7.11 Å². The van der Waals surface area contributed by atoms with Crippen LogP contribution in [0.1, 0.15) is 10.4 Å². The minimum atomic E-state index is -5.17. The van der Waals surface area contributed by atoms with Crippen molar-refractivity contribution in [2.24, 2.45) is 0 Å². The Balaban J connectivity index is 3.63. The fourth-order valence-electron chi connectivity index (χ4n) is 1.02. The maximum atomic E-state index is 13.1. The van der Waals surface area contributed by atoms with E-state index in [2.05, 4.69) is 4.52 Å². The molecule has 4 nitrogen and oxygen atoms in total. The van der Waals surface area contributed by atoms with E-state index >= 15 is 0 Å². The van der Waals surface area contributed by atoms with Gasteiger partial charge in [0.15, 0.2) is 23.3 Å². The number of carbonyl (C=O) groups excluding carboxylic acids is 1. The Morgan fingerprint density at radius 1 is 1.00 bits per heavy atom. The number of halogens is 5. The van der Waals surface area contributed by atoms with Gasteiger partial charge >= 0.3 is 7.60 Å². The SMILES string of the molecule is COP(=O)(O)C(=O)c1c(F)c(F)c(F)c(F)c1F. The molecule has 0 aliphatic heterocycles. The van der Waals surface area contributed by atoms with Crippen LogP contribution in [0.3, 0.4) is 0 Å². The molecule has 1 rings (SSSR count).